The number of rotatable bonds is 7. The standard InChI is InChI=1S/C63H41NO/c1-3-16-50(17-4-1)63(51-18-5-2-6-19-51)57-22-11-9-21-55(57)62-58(63)23-13-24-59(62)64(53-36-37-61-56(41-53)54-20-10-12-25-60(54)65-61)52-34-32-43(33-35-52)46-29-27-44-28-31-48(40-49(44)39-46)47-30-26-42-14-7-8-15-45(42)38-47/h1-41H. The minimum Gasteiger partial charge on any atom is -0.456 e. The molecule has 11 aromatic carbocycles. The number of furan rings is 1. The maximum Gasteiger partial charge on any atom is 0.135 e. The van der Waals surface area contributed by atoms with Crippen LogP contribution in [0, 0.1) is 0 Å². The van der Waals surface area contributed by atoms with Crippen LogP contribution in [-0.4, -0.2) is 0 Å². The Kier molecular flexibility index (Phi) is 8.47. The van der Waals surface area contributed by atoms with Gasteiger partial charge in [-0.25, -0.2) is 0 Å². The summed E-state index contributed by atoms with van der Waals surface area (Å²) in [5.41, 5.74) is 16.8. The Morgan fingerprint density at radius 1 is 0.323 bits per heavy atom. The van der Waals surface area contributed by atoms with Gasteiger partial charge in [-0.05, 0) is 132 Å². The summed E-state index contributed by atoms with van der Waals surface area (Å²) in [6.45, 7) is 0. The van der Waals surface area contributed by atoms with E-state index in [2.05, 4.69) is 248 Å². The van der Waals surface area contributed by atoms with Gasteiger partial charge in [-0.2, -0.15) is 0 Å². The van der Waals surface area contributed by atoms with E-state index < -0.39 is 5.41 Å². The summed E-state index contributed by atoms with van der Waals surface area (Å²) in [6, 6.07) is 91.0. The molecule has 0 aliphatic heterocycles. The Morgan fingerprint density at radius 2 is 0.862 bits per heavy atom. The first-order valence-corrected chi connectivity index (χ1v) is 22.4. The van der Waals surface area contributed by atoms with Crippen LogP contribution in [0.15, 0.2) is 253 Å². The SMILES string of the molecule is c1ccc(C2(c3ccccc3)c3ccccc3-c3c(N(c4ccc(-c5ccc6ccc(-c7ccc8ccccc8c7)cc6c5)cc4)c4ccc5oc6ccccc6c5c4)cccc32)cc1. The van der Waals surface area contributed by atoms with Gasteiger partial charge in [-0.3, -0.25) is 0 Å². The molecule has 2 nitrogen and oxygen atoms in total. The van der Waals surface area contributed by atoms with Crippen LogP contribution in [0.3, 0.4) is 0 Å². The van der Waals surface area contributed by atoms with Gasteiger partial charge in [0.05, 0.1) is 11.1 Å². The molecule has 12 aromatic rings. The van der Waals surface area contributed by atoms with Crippen molar-refractivity contribution in [1.82, 2.24) is 0 Å². The van der Waals surface area contributed by atoms with E-state index in [0.29, 0.717) is 0 Å². The summed E-state index contributed by atoms with van der Waals surface area (Å²) >= 11 is 0. The Morgan fingerprint density at radius 3 is 1.60 bits per heavy atom. The van der Waals surface area contributed by atoms with Crippen molar-refractivity contribution in [2.75, 3.05) is 4.90 Å². The molecule has 2 heteroatoms. The van der Waals surface area contributed by atoms with Crippen molar-refractivity contribution < 1.29 is 4.42 Å². The van der Waals surface area contributed by atoms with Crippen molar-refractivity contribution >= 4 is 60.5 Å². The second-order valence-corrected chi connectivity index (χ2v) is 17.2. The third-order valence-corrected chi connectivity index (χ3v) is 13.7. The Hall–Kier alpha value is -8.46. The van der Waals surface area contributed by atoms with Gasteiger partial charge in [0, 0.05) is 27.7 Å². The lowest BCUT2D eigenvalue weighted by Gasteiger charge is -2.34. The summed E-state index contributed by atoms with van der Waals surface area (Å²) in [5, 5.41) is 7.15. The lowest BCUT2D eigenvalue weighted by Crippen LogP contribution is -2.28. The van der Waals surface area contributed by atoms with Crippen LogP contribution in [0.5, 0.6) is 0 Å². The van der Waals surface area contributed by atoms with E-state index >= 15 is 0 Å². The summed E-state index contributed by atoms with van der Waals surface area (Å²) < 4.78 is 6.37. The fourth-order valence-electron chi connectivity index (χ4n) is 10.7. The van der Waals surface area contributed by atoms with E-state index in [9.17, 15) is 0 Å². The van der Waals surface area contributed by atoms with E-state index in [1.807, 2.05) is 6.07 Å². The summed E-state index contributed by atoms with van der Waals surface area (Å²) in [7, 11) is 0. The van der Waals surface area contributed by atoms with Gasteiger partial charge in [0.2, 0.25) is 0 Å². The third kappa shape index (κ3) is 5.88. The van der Waals surface area contributed by atoms with Crippen molar-refractivity contribution in [3.05, 3.63) is 271 Å². The Labute approximate surface area is 377 Å². The molecule has 0 saturated carbocycles. The van der Waals surface area contributed by atoms with Gasteiger partial charge in [-0.15, -0.1) is 0 Å². The van der Waals surface area contributed by atoms with Gasteiger partial charge in [0.25, 0.3) is 0 Å². The van der Waals surface area contributed by atoms with Crippen LogP contribution in [0.2, 0.25) is 0 Å². The summed E-state index contributed by atoms with van der Waals surface area (Å²) in [6.07, 6.45) is 0. The Balaban J connectivity index is 0.982. The zero-order valence-corrected chi connectivity index (χ0v) is 35.5. The van der Waals surface area contributed by atoms with Gasteiger partial charge < -0.3 is 9.32 Å². The molecule has 1 aliphatic carbocycles. The van der Waals surface area contributed by atoms with E-state index in [-0.39, 0.29) is 0 Å². The minimum absolute atomic E-state index is 0.519. The average Bonchev–Trinajstić information content (AvgIpc) is 3.91. The lowest BCUT2D eigenvalue weighted by molar-refractivity contribution is 0.669. The van der Waals surface area contributed by atoms with Crippen LogP contribution in [0.4, 0.5) is 17.1 Å². The van der Waals surface area contributed by atoms with Gasteiger partial charge in [-0.1, -0.05) is 188 Å². The normalized spacial score (nSPS) is 12.7. The van der Waals surface area contributed by atoms with Crippen LogP contribution >= 0.6 is 0 Å². The van der Waals surface area contributed by atoms with Gasteiger partial charge in [0.15, 0.2) is 0 Å². The largest absolute Gasteiger partial charge is 0.456 e. The van der Waals surface area contributed by atoms with E-state index in [0.717, 1.165) is 39.0 Å². The molecule has 1 aliphatic rings. The molecule has 1 heterocycles. The molecule has 0 amide bonds. The molecule has 65 heavy (non-hydrogen) atoms. The predicted octanol–water partition coefficient (Wildman–Crippen LogP) is 17.1. The predicted molar refractivity (Wildman–Crippen MR) is 272 cm³/mol. The first kappa shape index (κ1) is 37.1. The van der Waals surface area contributed by atoms with Crippen LogP contribution in [0.1, 0.15) is 22.3 Å². The van der Waals surface area contributed by atoms with Crippen LogP contribution in [-0.2, 0) is 5.41 Å². The summed E-state index contributed by atoms with van der Waals surface area (Å²) in [4.78, 5) is 2.45. The molecule has 0 fully saturated rings. The lowest BCUT2D eigenvalue weighted by atomic mass is 9.68. The molecule has 13 rings (SSSR count). The van der Waals surface area contributed by atoms with Gasteiger partial charge in [0.1, 0.15) is 11.2 Å². The number of para-hydroxylation sites is 1. The van der Waals surface area contributed by atoms with Gasteiger partial charge >= 0.3 is 0 Å². The maximum absolute atomic E-state index is 6.37. The molecule has 0 bridgehead atoms. The molecule has 304 valence electrons. The molecule has 0 spiro atoms. The highest BCUT2D eigenvalue weighted by atomic mass is 16.3. The van der Waals surface area contributed by atoms with Crippen molar-refractivity contribution in [2.45, 2.75) is 5.41 Å². The number of benzene rings is 11. The van der Waals surface area contributed by atoms with E-state index in [1.54, 1.807) is 0 Å². The highest BCUT2D eigenvalue weighted by Gasteiger charge is 2.47. The number of nitrogens with zero attached hydrogens (tertiary/aromatic N) is 1. The molecule has 0 radical (unpaired) electrons. The quantitative estimate of drug-likeness (QED) is 0.159. The smallest absolute Gasteiger partial charge is 0.135 e. The minimum atomic E-state index is -0.519. The molecule has 0 unspecified atom stereocenters. The van der Waals surface area contributed by atoms with Crippen molar-refractivity contribution in [3.63, 3.8) is 0 Å². The van der Waals surface area contributed by atoms with Crippen molar-refractivity contribution in [1.29, 1.82) is 0 Å². The first-order valence-electron chi connectivity index (χ1n) is 22.4. The highest BCUT2D eigenvalue weighted by molar-refractivity contribution is 6.07. The van der Waals surface area contributed by atoms with Crippen LogP contribution < -0.4 is 4.90 Å². The first-order chi connectivity index (χ1) is 32.2. The Bertz CT molecular complexity index is 3730. The molecule has 0 atom stereocenters. The maximum atomic E-state index is 6.37. The van der Waals surface area contributed by atoms with Crippen LogP contribution in [0.25, 0.3) is 76.9 Å². The second kappa shape index (κ2) is 14.8. The molecular formula is C63H41NO. The zero-order chi connectivity index (χ0) is 42.9. The van der Waals surface area contributed by atoms with E-state index in [1.165, 1.54) is 77.2 Å². The van der Waals surface area contributed by atoms with E-state index in [4.69, 9.17) is 4.42 Å². The molecule has 0 saturated heterocycles. The second-order valence-electron chi connectivity index (χ2n) is 17.2. The van der Waals surface area contributed by atoms with Crippen molar-refractivity contribution in [2.24, 2.45) is 0 Å². The number of fused-ring (bicyclic) bond motifs is 8. The summed E-state index contributed by atoms with van der Waals surface area (Å²) in [5.74, 6) is 0. The zero-order valence-electron chi connectivity index (χ0n) is 35.5. The molecule has 1 aromatic heterocycles. The molecule has 0 N–H and O–H groups in total. The van der Waals surface area contributed by atoms with Crippen molar-refractivity contribution in [3.8, 4) is 33.4 Å². The monoisotopic (exact) mass is 827 g/mol. The number of hydrogen-bond acceptors (Lipinski definition) is 2. The number of hydrogen-bond donors (Lipinski definition) is 0. The third-order valence-electron chi connectivity index (χ3n) is 13.7. The number of anilines is 3. The fraction of sp³-hybridized carbons (Fsp3) is 0.0159. The topological polar surface area (TPSA) is 16.4 Å². The highest BCUT2D eigenvalue weighted by Crippen LogP contribution is 2.59. The average molecular weight is 828 g/mol. The molecular weight excluding hydrogens is 787 g/mol. The fourth-order valence-corrected chi connectivity index (χ4v) is 10.7.